The Hall–Kier alpha value is -0.300. The van der Waals surface area contributed by atoms with Crippen LogP contribution in [0.2, 0.25) is 0 Å². The summed E-state index contributed by atoms with van der Waals surface area (Å²) in [6.45, 7) is 6.12. The standard InChI is InChI=1S/C12H20O/c1-3-11-12(13-11)8-10-6-4-9(2)5-7-10/h3,9-12H,1,4-8H2,2H3. The van der Waals surface area contributed by atoms with Gasteiger partial charge < -0.3 is 4.74 Å². The first-order chi connectivity index (χ1) is 6.29. The molecule has 2 fully saturated rings. The lowest BCUT2D eigenvalue weighted by Gasteiger charge is -2.25. The molecule has 1 nitrogen and oxygen atoms in total. The molecule has 0 aromatic rings. The molecular formula is C12H20O. The van der Waals surface area contributed by atoms with E-state index in [-0.39, 0.29) is 0 Å². The highest BCUT2D eigenvalue weighted by Crippen LogP contribution is 2.36. The Kier molecular flexibility index (Phi) is 2.73. The van der Waals surface area contributed by atoms with Gasteiger partial charge in [-0.25, -0.2) is 0 Å². The Morgan fingerprint density at radius 3 is 2.54 bits per heavy atom. The summed E-state index contributed by atoms with van der Waals surface area (Å²) in [6, 6.07) is 0. The fourth-order valence-electron chi connectivity index (χ4n) is 2.45. The molecule has 2 unspecified atom stereocenters. The summed E-state index contributed by atoms with van der Waals surface area (Å²) in [6.07, 6.45) is 9.83. The molecule has 0 aromatic heterocycles. The van der Waals surface area contributed by atoms with Crippen LogP contribution in [0, 0.1) is 11.8 Å². The molecule has 13 heavy (non-hydrogen) atoms. The van der Waals surface area contributed by atoms with E-state index in [9.17, 15) is 0 Å². The van der Waals surface area contributed by atoms with E-state index >= 15 is 0 Å². The molecule has 0 bridgehead atoms. The van der Waals surface area contributed by atoms with Crippen LogP contribution in [0.15, 0.2) is 12.7 Å². The average molecular weight is 180 g/mol. The van der Waals surface area contributed by atoms with E-state index in [0.29, 0.717) is 12.2 Å². The zero-order valence-corrected chi connectivity index (χ0v) is 8.54. The zero-order valence-electron chi connectivity index (χ0n) is 8.54. The van der Waals surface area contributed by atoms with E-state index in [0.717, 1.165) is 11.8 Å². The third-order valence-corrected chi connectivity index (χ3v) is 3.56. The SMILES string of the molecule is C=CC1OC1CC1CCC(C)CC1. The Balaban J connectivity index is 1.68. The molecule has 0 aromatic carbocycles. The second-order valence-corrected chi connectivity index (χ2v) is 4.74. The smallest absolute Gasteiger partial charge is 0.102 e. The topological polar surface area (TPSA) is 12.5 Å². The van der Waals surface area contributed by atoms with Gasteiger partial charge in [-0.1, -0.05) is 38.7 Å². The Morgan fingerprint density at radius 1 is 1.31 bits per heavy atom. The van der Waals surface area contributed by atoms with Crippen LogP contribution in [-0.2, 0) is 4.74 Å². The molecule has 1 saturated heterocycles. The maximum atomic E-state index is 5.48. The van der Waals surface area contributed by atoms with Gasteiger partial charge in [-0.05, 0) is 18.3 Å². The molecular weight excluding hydrogens is 160 g/mol. The summed E-state index contributed by atoms with van der Waals surface area (Å²) in [7, 11) is 0. The van der Waals surface area contributed by atoms with Gasteiger partial charge >= 0.3 is 0 Å². The summed E-state index contributed by atoms with van der Waals surface area (Å²) in [5, 5.41) is 0. The highest BCUT2D eigenvalue weighted by Gasteiger charge is 2.37. The van der Waals surface area contributed by atoms with Crippen molar-refractivity contribution in [3.63, 3.8) is 0 Å². The minimum atomic E-state index is 0.388. The maximum absolute atomic E-state index is 5.48. The molecule has 2 rings (SSSR count). The van der Waals surface area contributed by atoms with Gasteiger partial charge in [-0.15, -0.1) is 6.58 Å². The largest absolute Gasteiger partial charge is 0.365 e. The lowest BCUT2D eigenvalue weighted by atomic mass is 9.80. The van der Waals surface area contributed by atoms with Gasteiger partial charge in [0.05, 0.1) is 6.10 Å². The Morgan fingerprint density at radius 2 is 2.00 bits per heavy atom. The van der Waals surface area contributed by atoms with Gasteiger partial charge in [0.15, 0.2) is 0 Å². The van der Waals surface area contributed by atoms with Crippen LogP contribution in [-0.4, -0.2) is 12.2 Å². The van der Waals surface area contributed by atoms with E-state index in [1.807, 2.05) is 6.08 Å². The van der Waals surface area contributed by atoms with Gasteiger partial charge in [0.1, 0.15) is 6.10 Å². The fraction of sp³-hybridized carbons (Fsp3) is 0.833. The number of ether oxygens (including phenoxy) is 1. The van der Waals surface area contributed by atoms with Crippen LogP contribution in [0.1, 0.15) is 39.0 Å². The number of hydrogen-bond acceptors (Lipinski definition) is 1. The van der Waals surface area contributed by atoms with Crippen molar-refractivity contribution >= 4 is 0 Å². The van der Waals surface area contributed by atoms with Crippen molar-refractivity contribution in [1.82, 2.24) is 0 Å². The van der Waals surface area contributed by atoms with Crippen LogP contribution in [0.25, 0.3) is 0 Å². The van der Waals surface area contributed by atoms with Crippen LogP contribution >= 0.6 is 0 Å². The lowest BCUT2D eigenvalue weighted by molar-refractivity contribution is 0.252. The van der Waals surface area contributed by atoms with E-state index in [2.05, 4.69) is 13.5 Å². The first-order valence-corrected chi connectivity index (χ1v) is 5.57. The molecule has 0 N–H and O–H groups in total. The van der Waals surface area contributed by atoms with Crippen molar-refractivity contribution in [1.29, 1.82) is 0 Å². The van der Waals surface area contributed by atoms with Crippen LogP contribution in [0.4, 0.5) is 0 Å². The number of hydrogen-bond donors (Lipinski definition) is 0. The van der Waals surface area contributed by atoms with Gasteiger partial charge in [-0.3, -0.25) is 0 Å². The maximum Gasteiger partial charge on any atom is 0.102 e. The second-order valence-electron chi connectivity index (χ2n) is 4.74. The summed E-state index contributed by atoms with van der Waals surface area (Å²) >= 11 is 0. The minimum absolute atomic E-state index is 0.388. The Labute approximate surface area is 81.2 Å². The van der Waals surface area contributed by atoms with E-state index in [1.54, 1.807) is 0 Å². The van der Waals surface area contributed by atoms with Crippen molar-refractivity contribution in [2.24, 2.45) is 11.8 Å². The second kappa shape index (κ2) is 3.83. The van der Waals surface area contributed by atoms with Crippen molar-refractivity contribution in [3.05, 3.63) is 12.7 Å². The van der Waals surface area contributed by atoms with Gasteiger partial charge in [0.2, 0.25) is 0 Å². The van der Waals surface area contributed by atoms with Crippen molar-refractivity contribution in [2.45, 2.75) is 51.2 Å². The lowest BCUT2D eigenvalue weighted by Crippen LogP contribution is -2.14. The zero-order chi connectivity index (χ0) is 9.26. The van der Waals surface area contributed by atoms with Crippen LogP contribution < -0.4 is 0 Å². The predicted molar refractivity (Wildman–Crippen MR) is 54.6 cm³/mol. The molecule has 0 spiro atoms. The molecule has 1 heterocycles. The molecule has 1 heteroatoms. The van der Waals surface area contributed by atoms with Gasteiger partial charge in [0.25, 0.3) is 0 Å². The molecule has 2 atom stereocenters. The Bertz CT molecular complexity index is 180. The molecule has 1 aliphatic heterocycles. The highest BCUT2D eigenvalue weighted by molar-refractivity contribution is 4.98. The third kappa shape index (κ3) is 2.34. The van der Waals surface area contributed by atoms with E-state index in [4.69, 9.17) is 4.74 Å². The molecule has 2 aliphatic rings. The first-order valence-electron chi connectivity index (χ1n) is 5.57. The summed E-state index contributed by atoms with van der Waals surface area (Å²) in [5.41, 5.74) is 0. The van der Waals surface area contributed by atoms with Crippen LogP contribution in [0.3, 0.4) is 0 Å². The highest BCUT2D eigenvalue weighted by atomic mass is 16.6. The molecule has 74 valence electrons. The fourth-order valence-corrected chi connectivity index (χ4v) is 2.45. The van der Waals surface area contributed by atoms with Crippen molar-refractivity contribution in [2.75, 3.05) is 0 Å². The average Bonchev–Trinajstić information content (AvgIpc) is 2.88. The molecule has 1 aliphatic carbocycles. The number of rotatable bonds is 3. The number of epoxide rings is 1. The predicted octanol–water partition coefficient (Wildman–Crippen LogP) is 3.16. The van der Waals surface area contributed by atoms with Crippen LogP contribution in [0.5, 0.6) is 0 Å². The van der Waals surface area contributed by atoms with Gasteiger partial charge in [-0.2, -0.15) is 0 Å². The molecule has 0 amide bonds. The summed E-state index contributed by atoms with van der Waals surface area (Å²) in [4.78, 5) is 0. The molecule has 0 radical (unpaired) electrons. The summed E-state index contributed by atoms with van der Waals surface area (Å²) in [5.74, 6) is 1.90. The van der Waals surface area contributed by atoms with Crippen molar-refractivity contribution < 1.29 is 4.74 Å². The monoisotopic (exact) mass is 180 g/mol. The van der Waals surface area contributed by atoms with Gasteiger partial charge in [0, 0.05) is 0 Å². The van der Waals surface area contributed by atoms with E-state index < -0.39 is 0 Å². The normalized spacial score (nSPS) is 44.4. The third-order valence-electron chi connectivity index (χ3n) is 3.56. The van der Waals surface area contributed by atoms with E-state index in [1.165, 1.54) is 32.1 Å². The summed E-state index contributed by atoms with van der Waals surface area (Å²) < 4.78 is 5.48. The minimum Gasteiger partial charge on any atom is -0.365 e. The quantitative estimate of drug-likeness (QED) is 0.480. The molecule has 1 saturated carbocycles. The van der Waals surface area contributed by atoms with Crippen molar-refractivity contribution in [3.8, 4) is 0 Å². The first kappa shape index (κ1) is 9.26.